The first-order chi connectivity index (χ1) is 10.2. The highest BCUT2D eigenvalue weighted by Crippen LogP contribution is 2.21. The van der Waals surface area contributed by atoms with Gasteiger partial charge in [-0.2, -0.15) is 0 Å². The molecule has 1 heterocycles. The standard InChI is InChI=1S/C18H26N2O/c1-4-5-6-7-8-14(2)19-17-11-9-16(10-12-17)18-13-21-15(3)20-18/h9-14,19H,4-8H2,1-3H3. The van der Waals surface area contributed by atoms with Crippen LogP contribution in [0.25, 0.3) is 11.3 Å². The van der Waals surface area contributed by atoms with Crippen LogP contribution in [0.4, 0.5) is 5.69 Å². The third-order valence-electron chi connectivity index (χ3n) is 3.70. The van der Waals surface area contributed by atoms with E-state index in [0.29, 0.717) is 11.9 Å². The summed E-state index contributed by atoms with van der Waals surface area (Å²) in [6, 6.07) is 8.92. The van der Waals surface area contributed by atoms with Crippen molar-refractivity contribution in [1.29, 1.82) is 0 Å². The van der Waals surface area contributed by atoms with Gasteiger partial charge in [-0.3, -0.25) is 0 Å². The van der Waals surface area contributed by atoms with E-state index in [0.717, 1.165) is 11.3 Å². The molecule has 0 saturated carbocycles. The fraction of sp³-hybridized carbons (Fsp3) is 0.500. The number of aromatic nitrogens is 1. The highest BCUT2D eigenvalue weighted by atomic mass is 16.3. The lowest BCUT2D eigenvalue weighted by molar-refractivity contribution is 0.521. The Morgan fingerprint density at radius 1 is 1.14 bits per heavy atom. The number of unbranched alkanes of at least 4 members (excludes halogenated alkanes) is 3. The molecule has 0 spiro atoms. The fourth-order valence-corrected chi connectivity index (χ4v) is 2.47. The second kappa shape index (κ2) is 7.87. The minimum absolute atomic E-state index is 0.516. The molecule has 3 nitrogen and oxygen atoms in total. The molecule has 2 rings (SSSR count). The predicted octanol–water partition coefficient (Wildman–Crippen LogP) is 5.42. The van der Waals surface area contributed by atoms with Gasteiger partial charge in [0.05, 0.1) is 0 Å². The predicted molar refractivity (Wildman–Crippen MR) is 88.5 cm³/mol. The van der Waals surface area contributed by atoms with E-state index in [-0.39, 0.29) is 0 Å². The SMILES string of the molecule is CCCCCCC(C)Nc1ccc(-c2coc(C)n2)cc1. The van der Waals surface area contributed by atoms with Gasteiger partial charge in [0.1, 0.15) is 12.0 Å². The van der Waals surface area contributed by atoms with E-state index in [2.05, 4.69) is 48.4 Å². The molecule has 0 radical (unpaired) electrons. The smallest absolute Gasteiger partial charge is 0.191 e. The van der Waals surface area contributed by atoms with Crippen molar-refractivity contribution in [1.82, 2.24) is 4.98 Å². The molecule has 0 fully saturated rings. The molecule has 1 aromatic heterocycles. The molecule has 2 aromatic rings. The first-order valence-corrected chi connectivity index (χ1v) is 7.98. The van der Waals surface area contributed by atoms with Crippen LogP contribution in [0, 0.1) is 6.92 Å². The molecule has 0 bridgehead atoms. The molecule has 3 heteroatoms. The third-order valence-corrected chi connectivity index (χ3v) is 3.70. The molecule has 1 unspecified atom stereocenters. The van der Waals surface area contributed by atoms with Crippen LogP contribution < -0.4 is 5.32 Å². The molecular weight excluding hydrogens is 260 g/mol. The van der Waals surface area contributed by atoms with Gasteiger partial charge in [-0.15, -0.1) is 0 Å². The van der Waals surface area contributed by atoms with Crippen LogP contribution in [-0.2, 0) is 0 Å². The number of benzene rings is 1. The summed E-state index contributed by atoms with van der Waals surface area (Å²) in [5.74, 6) is 0.702. The van der Waals surface area contributed by atoms with Crippen LogP contribution in [0.15, 0.2) is 34.9 Å². The van der Waals surface area contributed by atoms with Gasteiger partial charge in [0.15, 0.2) is 5.89 Å². The van der Waals surface area contributed by atoms with E-state index in [1.165, 1.54) is 37.8 Å². The molecule has 0 saturated heterocycles. The maximum absolute atomic E-state index is 5.25. The molecule has 0 aliphatic carbocycles. The topological polar surface area (TPSA) is 38.1 Å². The first kappa shape index (κ1) is 15.6. The maximum Gasteiger partial charge on any atom is 0.191 e. The molecule has 21 heavy (non-hydrogen) atoms. The molecule has 0 aliphatic heterocycles. The zero-order chi connectivity index (χ0) is 15.1. The maximum atomic E-state index is 5.25. The average molecular weight is 286 g/mol. The molecular formula is C18H26N2O. The van der Waals surface area contributed by atoms with Gasteiger partial charge in [0.2, 0.25) is 0 Å². The lowest BCUT2D eigenvalue weighted by atomic mass is 10.1. The Hall–Kier alpha value is -1.77. The van der Waals surface area contributed by atoms with Gasteiger partial charge < -0.3 is 9.73 Å². The quantitative estimate of drug-likeness (QED) is 0.658. The molecule has 1 atom stereocenters. The second-order valence-electron chi connectivity index (χ2n) is 5.72. The van der Waals surface area contributed by atoms with E-state index >= 15 is 0 Å². The molecule has 114 valence electrons. The van der Waals surface area contributed by atoms with Crippen molar-refractivity contribution in [3.05, 3.63) is 36.4 Å². The summed E-state index contributed by atoms with van der Waals surface area (Å²) in [5.41, 5.74) is 3.15. The molecule has 1 aromatic carbocycles. The largest absolute Gasteiger partial charge is 0.449 e. The van der Waals surface area contributed by atoms with Gasteiger partial charge in [-0.1, -0.05) is 44.7 Å². The zero-order valence-corrected chi connectivity index (χ0v) is 13.4. The zero-order valence-electron chi connectivity index (χ0n) is 13.4. The van der Waals surface area contributed by atoms with Crippen molar-refractivity contribution in [2.45, 2.75) is 58.9 Å². The fourth-order valence-electron chi connectivity index (χ4n) is 2.47. The minimum atomic E-state index is 0.516. The van der Waals surface area contributed by atoms with E-state index in [1.54, 1.807) is 6.26 Å². The summed E-state index contributed by atoms with van der Waals surface area (Å²) in [6.45, 7) is 6.36. The number of rotatable bonds is 8. The normalized spacial score (nSPS) is 12.3. The average Bonchev–Trinajstić information content (AvgIpc) is 2.91. The number of hydrogen-bond donors (Lipinski definition) is 1. The highest BCUT2D eigenvalue weighted by Gasteiger charge is 2.05. The summed E-state index contributed by atoms with van der Waals surface area (Å²) in [7, 11) is 0. The number of oxazole rings is 1. The van der Waals surface area contributed by atoms with Gasteiger partial charge in [0, 0.05) is 24.2 Å². The van der Waals surface area contributed by atoms with E-state index in [1.807, 2.05) is 6.92 Å². The lowest BCUT2D eigenvalue weighted by Crippen LogP contribution is -2.14. The minimum Gasteiger partial charge on any atom is -0.449 e. The van der Waals surface area contributed by atoms with Gasteiger partial charge in [0.25, 0.3) is 0 Å². The summed E-state index contributed by atoms with van der Waals surface area (Å²) in [5, 5.41) is 3.56. The summed E-state index contributed by atoms with van der Waals surface area (Å²) >= 11 is 0. The van der Waals surface area contributed by atoms with Gasteiger partial charge in [-0.25, -0.2) is 4.98 Å². The van der Waals surface area contributed by atoms with Crippen LogP contribution in [0.5, 0.6) is 0 Å². The van der Waals surface area contributed by atoms with Crippen LogP contribution in [0.3, 0.4) is 0 Å². The number of anilines is 1. The number of nitrogens with one attached hydrogen (secondary N) is 1. The molecule has 1 N–H and O–H groups in total. The number of nitrogens with zero attached hydrogens (tertiary/aromatic N) is 1. The van der Waals surface area contributed by atoms with Crippen molar-refractivity contribution >= 4 is 5.69 Å². The van der Waals surface area contributed by atoms with Crippen LogP contribution in [-0.4, -0.2) is 11.0 Å². The Morgan fingerprint density at radius 3 is 2.52 bits per heavy atom. The Bertz CT molecular complexity index is 530. The van der Waals surface area contributed by atoms with Crippen LogP contribution in [0.2, 0.25) is 0 Å². The highest BCUT2D eigenvalue weighted by molar-refractivity contribution is 5.61. The summed E-state index contributed by atoms with van der Waals surface area (Å²) < 4.78 is 5.25. The Morgan fingerprint density at radius 2 is 1.90 bits per heavy atom. The molecule has 0 aliphatic rings. The van der Waals surface area contributed by atoms with E-state index < -0.39 is 0 Å². The molecule has 0 amide bonds. The Labute approximate surface area is 127 Å². The number of hydrogen-bond acceptors (Lipinski definition) is 3. The van der Waals surface area contributed by atoms with E-state index in [4.69, 9.17) is 4.42 Å². The second-order valence-corrected chi connectivity index (χ2v) is 5.72. The Kier molecular flexibility index (Phi) is 5.85. The monoisotopic (exact) mass is 286 g/mol. The van der Waals surface area contributed by atoms with Gasteiger partial charge in [-0.05, 0) is 25.5 Å². The lowest BCUT2D eigenvalue weighted by Gasteiger charge is -2.15. The van der Waals surface area contributed by atoms with E-state index in [9.17, 15) is 0 Å². The van der Waals surface area contributed by atoms with Crippen LogP contribution >= 0.6 is 0 Å². The van der Waals surface area contributed by atoms with Crippen molar-refractivity contribution in [2.24, 2.45) is 0 Å². The first-order valence-electron chi connectivity index (χ1n) is 7.98. The van der Waals surface area contributed by atoms with Crippen molar-refractivity contribution in [3.63, 3.8) is 0 Å². The van der Waals surface area contributed by atoms with Crippen LogP contribution in [0.1, 0.15) is 51.8 Å². The Balaban J connectivity index is 1.84. The van der Waals surface area contributed by atoms with Crippen molar-refractivity contribution in [3.8, 4) is 11.3 Å². The van der Waals surface area contributed by atoms with Crippen molar-refractivity contribution in [2.75, 3.05) is 5.32 Å². The van der Waals surface area contributed by atoms with Crippen molar-refractivity contribution < 1.29 is 4.42 Å². The van der Waals surface area contributed by atoms with Gasteiger partial charge >= 0.3 is 0 Å². The number of aryl methyl sites for hydroxylation is 1. The third kappa shape index (κ3) is 4.92. The summed E-state index contributed by atoms with van der Waals surface area (Å²) in [4.78, 5) is 4.34. The summed E-state index contributed by atoms with van der Waals surface area (Å²) in [6.07, 6.45) is 8.22.